The quantitative estimate of drug-likeness (QED) is 0.572. The Morgan fingerprint density at radius 2 is 1.50 bits per heavy atom. The zero-order chi connectivity index (χ0) is 21.9. The van der Waals surface area contributed by atoms with Gasteiger partial charge >= 0.3 is 23.9 Å². The highest BCUT2D eigenvalue weighted by atomic mass is 16.6. The van der Waals surface area contributed by atoms with Gasteiger partial charge in [0.2, 0.25) is 0 Å². The second kappa shape index (κ2) is 11.5. The summed E-state index contributed by atoms with van der Waals surface area (Å²) in [7, 11) is 1.30. The number of aliphatic carboxylic acids is 1. The Labute approximate surface area is 174 Å². The number of carbonyl (C=O) groups is 4. The first-order valence-electron chi connectivity index (χ1n) is 9.51. The number of rotatable bonds is 6. The van der Waals surface area contributed by atoms with E-state index in [0.717, 1.165) is 11.1 Å². The molecule has 0 unspecified atom stereocenters. The fourth-order valence-corrected chi connectivity index (χ4v) is 3.17. The predicted molar refractivity (Wildman–Crippen MR) is 108 cm³/mol. The molecule has 30 heavy (non-hydrogen) atoms. The largest absolute Gasteiger partial charge is 0.481 e. The number of hydrogen-bond acceptors (Lipinski definition) is 6. The molecule has 1 N–H and O–H groups in total. The highest BCUT2D eigenvalue weighted by molar-refractivity contribution is 5.89. The van der Waals surface area contributed by atoms with Crippen molar-refractivity contribution in [1.29, 1.82) is 0 Å². The molecule has 7 nitrogen and oxygen atoms in total. The van der Waals surface area contributed by atoms with E-state index in [1.54, 1.807) is 0 Å². The summed E-state index contributed by atoms with van der Waals surface area (Å²) >= 11 is 0. The molecule has 0 aliphatic carbocycles. The summed E-state index contributed by atoms with van der Waals surface area (Å²) in [5, 5.41) is 8.78. The third-order valence-corrected chi connectivity index (χ3v) is 4.66. The van der Waals surface area contributed by atoms with E-state index in [1.165, 1.54) is 7.11 Å². The van der Waals surface area contributed by atoms with Gasteiger partial charge in [-0.1, -0.05) is 60.7 Å². The maximum absolute atomic E-state index is 11.2. The number of methoxy groups -OCH3 is 1. The van der Waals surface area contributed by atoms with E-state index in [-0.39, 0.29) is 24.7 Å². The lowest BCUT2D eigenvalue weighted by molar-refractivity contribution is -0.164. The van der Waals surface area contributed by atoms with Crippen molar-refractivity contribution in [2.45, 2.75) is 37.5 Å². The fraction of sp³-hybridized carbons (Fsp3) is 0.304. The highest BCUT2D eigenvalue weighted by Crippen LogP contribution is 2.27. The Bertz CT molecular complexity index is 846. The van der Waals surface area contributed by atoms with E-state index in [4.69, 9.17) is 5.11 Å². The van der Waals surface area contributed by atoms with Crippen LogP contribution in [-0.4, -0.2) is 36.1 Å². The van der Waals surface area contributed by atoms with Crippen LogP contribution in [0.25, 0.3) is 0 Å². The van der Waals surface area contributed by atoms with Crippen LogP contribution < -0.4 is 0 Å². The van der Waals surface area contributed by atoms with Crippen LogP contribution in [0.5, 0.6) is 0 Å². The molecule has 0 aromatic heterocycles. The van der Waals surface area contributed by atoms with Crippen LogP contribution >= 0.6 is 0 Å². The molecule has 1 fully saturated rings. The number of cyclic esters (lactones) is 2. The molecule has 7 heteroatoms. The Morgan fingerprint density at radius 1 is 0.967 bits per heavy atom. The van der Waals surface area contributed by atoms with Crippen molar-refractivity contribution in [1.82, 2.24) is 0 Å². The molecule has 1 saturated heterocycles. The molecule has 0 bridgehead atoms. The summed E-state index contributed by atoms with van der Waals surface area (Å²) < 4.78 is 9.01. The average Bonchev–Trinajstić information content (AvgIpc) is 2.74. The molecule has 0 spiro atoms. The first-order chi connectivity index (χ1) is 14.4. The van der Waals surface area contributed by atoms with Crippen molar-refractivity contribution in [3.05, 3.63) is 71.8 Å². The van der Waals surface area contributed by atoms with Gasteiger partial charge in [0.05, 0.1) is 32.8 Å². The van der Waals surface area contributed by atoms with Crippen molar-refractivity contribution < 1.29 is 33.8 Å². The number of carboxylic acids is 1. The van der Waals surface area contributed by atoms with E-state index < -0.39 is 23.9 Å². The molecule has 0 amide bonds. The van der Waals surface area contributed by atoms with Crippen LogP contribution in [0.3, 0.4) is 0 Å². The Hall–Kier alpha value is -3.48. The zero-order valence-electron chi connectivity index (χ0n) is 16.7. The van der Waals surface area contributed by atoms with Crippen molar-refractivity contribution in [3.8, 4) is 0 Å². The van der Waals surface area contributed by atoms with Crippen LogP contribution in [0.15, 0.2) is 60.7 Å². The molecule has 0 radical (unpaired) electrons. The smallest absolute Gasteiger partial charge is 0.314 e. The Morgan fingerprint density at radius 3 is 2.00 bits per heavy atom. The summed E-state index contributed by atoms with van der Waals surface area (Å²) in [6, 6.07) is 18.7. The van der Waals surface area contributed by atoms with E-state index in [0.29, 0.717) is 12.8 Å². The van der Waals surface area contributed by atoms with Gasteiger partial charge in [0, 0.05) is 11.8 Å². The van der Waals surface area contributed by atoms with E-state index in [1.807, 2.05) is 60.7 Å². The molecule has 2 aromatic carbocycles. The monoisotopic (exact) mass is 412 g/mol. The van der Waals surface area contributed by atoms with Gasteiger partial charge in [-0.2, -0.15) is 0 Å². The maximum atomic E-state index is 11.2. The number of hydrogen-bond donors (Lipinski definition) is 1. The van der Waals surface area contributed by atoms with Crippen LogP contribution in [0.2, 0.25) is 0 Å². The molecule has 2 aromatic rings. The molecular weight excluding hydrogens is 388 g/mol. The van der Waals surface area contributed by atoms with Crippen molar-refractivity contribution in [2.24, 2.45) is 0 Å². The second-order valence-corrected chi connectivity index (χ2v) is 6.85. The molecular formula is C23H24O7. The van der Waals surface area contributed by atoms with Crippen molar-refractivity contribution in [3.63, 3.8) is 0 Å². The van der Waals surface area contributed by atoms with Gasteiger partial charge in [0.15, 0.2) is 0 Å². The summed E-state index contributed by atoms with van der Waals surface area (Å²) in [6.45, 7) is 0. The molecule has 1 aliphatic rings. The number of carbonyl (C=O) groups excluding carboxylic acids is 3. The molecule has 158 valence electrons. The van der Waals surface area contributed by atoms with Crippen LogP contribution in [-0.2, 0) is 28.7 Å². The minimum absolute atomic E-state index is 0.00931. The minimum Gasteiger partial charge on any atom is -0.481 e. The first-order valence-corrected chi connectivity index (χ1v) is 9.51. The Balaban J connectivity index is 0.000000215. The minimum atomic E-state index is -0.919. The topological polar surface area (TPSA) is 107 Å². The maximum Gasteiger partial charge on any atom is 0.314 e. The lowest BCUT2D eigenvalue weighted by Crippen LogP contribution is -2.24. The van der Waals surface area contributed by atoms with E-state index >= 15 is 0 Å². The zero-order valence-corrected chi connectivity index (χ0v) is 16.7. The second-order valence-electron chi connectivity index (χ2n) is 6.85. The van der Waals surface area contributed by atoms with Gasteiger partial charge in [0.1, 0.15) is 0 Å². The number of esters is 3. The van der Waals surface area contributed by atoms with Gasteiger partial charge in [-0.05, 0) is 11.1 Å². The Kier molecular flexibility index (Phi) is 8.75. The van der Waals surface area contributed by atoms with Gasteiger partial charge in [-0.25, -0.2) is 0 Å². The number of benzene rings is 2. The lowest BCUT2D eigenvalue weighted by atomic mass is 9.91. The summed E-state index contributed by atoms with van der Waals surface area (Å²) in [4.78, 5) is 43.9. The number of carboxylic acid groups (broad SMARTS) is 1. The molecule has 1 aliphatic heterocycles. The highest BCUT2D eigenvalue weighted by Gasteiger charge is 2.27. The molecule has 3 rings (SSSR count). The summed E-state index contributed by atoms with van der Waals surface area (Å²) in [5.41, 5.74) is 1.87. The lowest BCUT2D eigenvalue weighted by Gasteiger charge is -2.19. The van der Waals surface area contributed by atoms with Gasteiger partial charge in [-0.15, -0.1) is 0 Å². The molecule has 1 atom stereocenters. The third kappa shape index (κ3) is 7.50. The average molecular weight is 412 g/mol. The van der Waals surface area contributed by atoms with Gasteiger partial charge in [-0.3, -0.25) is 19.2 Å². The first kappa shape index (κ1) is 22.8. The van der Waals surface area contributed by atoms with Crippen LogP contribution in [0.4, 0.5) is 0 Å². The SMILES string of the molecule is COC(=O)C[C@@H](CC(=O)O)c1ccccc1.O=C1CC(c2ccccc2)CC(=O)O1. The van der Waals surface area contributed by atoms with E-state index in [2.05, 4.69) is 9.47 Å². The predicted octanol–water partition coefficient (Wildman–Crippen LogP) is 3.44. The third-order valence-electron chi connectivity index (χ3n) is 4.66. The summed E-state index contributed by atoms with van der Waals surface area (Å²) in [5.74, 6) is -2.49. The molecule has 1 heterocycles. The van der Waals surface area contributed by atoms with E-state index in [9.17, 15) is 19.2 Å². The number of ether oxygens (including phenoxy) is 2. The fourth-order valence-electron chi connectivity index (χ4n) is 3.17. The van der Waals surface area contributed by atoms with Crippen molar-refractivity contribution in [2.75, 3.05) is 7.11 Å². The van der Waals surface area contributed by atoms with Crippen LogP contribution in [0, 0.1) is 0 Å². The molecule has 0 saturated carbocycles. The van der Waals surface area contributed by atoms with Crippen molar-refractivity contribution >= 4 is 23.9 Å². The standard InChI is InChI=1S/C12H14O4.C11H10O3/c1-16-12(15)8-10(7-11(13)14)9-5-3-2-4-6-9;12-10-6-9(7-11(13)14-10)8-4-2-1-3-5-8/h2-6,10H,7-8H2,1H3,(H,13,14);1-5,9H,6-7H2/t10-;/m1./s1. The summed E-state index contributed by atoms with van der Waals surface area (Å²) in [6.07, 6.45) is 0.622. The van der Waals surface area contributed by atoms with Gasteiger partial charge < -0.3 is 14.6 Å². The normalized spacial score (nSPS) is 14.7. The van der Waals surface area contributed by atoms with Crippen LogP contribution in [0.1, 0.15) is 48.6 Å². The van der Waals surface area contributed by atoms with Gasteiger partial charge in [0.25, 0.3) is 0 Å².